The van der Waals surface area contributed by atoms with Gasteiger partial charge in [0.1, 0.15) is 0 Å². The Morgan fingerprint density at radius 2 is 2.33 bits per heavy atom. The fourth-order valence-corrected chi connectivity index (χ4v) is 1.77. The van der Waals surface area contributed by atoms with Crippen molar-refractivity contribution in [1.29, 1.82) is 0 Å². The molecule has 0 aliphatic carbocycles. The molecule has 0 nitrogen and oxygen atoms in total. The molecule has 0 aromatic carbocycles. The second-order valence-electron chi connectivity index (χ2n) is 0.753. The molecular formula is C3H4LiS2+. The average molecular weight is 111 g/mol. The molecule has 0 aromatic rings. The summed E-state index contributed by atoms with van der Waals surface area (Å²) in [4.78, 5) is 0. The normalized spacial score (nSPS) is 17.3. The van der Waals surface area contributed by atoms with Gasteiger partial charge in [0, 0.05) is 5.75 Å². The van der Waals surface area contributed by atoms with Gasteiger partial charge in [-0.1, -0.05) is 27.7 Å². The van der Waals surface area contributed by atoms with Crippen LogP contribution < -0.4 is 18.9 Å². The maximum Gasteiger partial charge on any atom is 1.00 e. The third-order valence-corrected chi connectivity index (χ3v) is 2.30. The molecule has 1 aliphatic rings. The summed E-state index contributed by atoms with van der Waals surface area (Å²) >= 11 is 0. The minimum Gasteiger partial charge on any atom is -0.0854 e. The Bertz CT molecular complexity index is 46.8. The van der Waals surface area contributed by atoms with Crippen molar-refractivity contribution in [3.05, 3.63) is 11.5 Å². The van der Waals surface area contributed by atoms with Crippen LogP contribution in [0, 0.1) is 0 Å². The molecule has 1 heterocycles. The summed E-state index contributed by atoms with van der Waals surface area (Å²) in [6.07, 6.45) is 2.16. The molecule has 0 atom stereocenters. The number of hydrogen-bond donors (Lipinski definition) is 0. The van der Waals surface area contributed by atoms with Crippen LogP contribution in [-0.4, -0.2) is 5.75 Å². The largest absolute Gasteiger partial charge is 1.00 e. The van der Waals surface area contributed by atoms with E-state index in [0.29, 0.717) is 0 Å². The predicted molar refractivity (Wildman–Crippen MR) is 29.2 cm³/mol. The summed E-state index contributed by atoms with van der Waals surface area (Å²) in [5.74, 6) is 1.20. The minimum atomic E-state index is 0. The first-order chi connectivity index (χ1) is 2.50. The molecule has 0 amide bonds. The molecule has 3 heteroatoms. The van der Waals surface area contributed by atoms with Crippen LogP contribution >= 0.6 is 21.6 Å². The molecule has 0 radical (unpaired) electrons. The van der Waals surface area contributed by atoms with E-state index < -0.39 is 0 Å². The van der Waals surface area contributed by atoms with E-state index in [2.05, 4.69) is 11.5 Å². The first-order valence-corrected chi connectivity index (χ1v) is 3.81. The first-order valence-electron chi connectivity index (χ1n) is 1.43. The SMILES string of the molecule is C1=CSSC1.[Li+]. The van der Waals surface area contributed by atoms with Crippen LogP contribution in [0.25, 0.3) is 0 Å². The van der Waals surface area contributed by atoms with Gasteiger partial charge in [-0.3, -0.25) is 0 Å². The minimum absolute atomic E-state index is 0. The zero-order chi connectivity index (χ0) is 3.54. The van der Waals surface area contributed by atoms with E-state index in [1.165, 1.54) is 5.75 Å². The molecule has 28 valence electrons. The van der Waals surface area contributed by atoms with Gasteiger partial charge in [-0.2, -0.15) is 0 Å². The van der Waals surface area contributed by atoms with Crippen molar-refractivity contribution in [2.45, 2.75) is 0 Å². The van der Waals surface area contributed by atoms with Crippen molar-refractivity contribution in [3.63, 3.8) is 0 Å². The van der Waals surface area contributed by atoms with Crippen molar-refractivity contribution >= 4 is 21.6 Å². The molecule has 0 aromatic heterocycles. The quantitative estimate of drug-likeness (QED) is 0.287. The zero-order valence-electron chi connectivity index (χ0n) is 3.68. The van der Waals surface area contributed by atoms with Crippen LogP contribution in [0.4, 0.5) is 0 Å². The predicted octanol–water partition coefficient (Wildman–Crippen LogP) is -1.10. The van der Waals surface area contributed by atoms with Crippen LogP contribution in [0.5, 0.6) is 0 Å². The Morgan fingerprint density at radius 3 is 2.50 bits per heavy atom. The van der Waals surface area contributed by atoms with Crippen molar-refractivity contribution in [3.8, 4) is 0 Å². The summed E-state index contributed by atoms with van der Waals surface area (Å²) in [6.45, 7) is 0. The number of hydrogen-bond acceptors (Lipinski definition) is 2. The Labute approximate surface area is 57.7 Å². The summed E-state index contributed by atoms with van der Waals surface area (Å²) in [5, 5.41) is 2.12. The first kappa shape index (κ1) is 7.04. The summed E-state index contributed by atoms with van der Waals surface area (Å²) in [5.41, 5.74) is 0. The Hall–Kier alpha value is 1.04. The van der Waals surface area contributed by atoms with Gasteiger partial charge >= 0.3 is 18.9 Å². The Balaban J connectivity index is 0.000000250. The molecule has 0 spiro atoms. The third kappa shape index (κ3) is 2.25. The molecule has 0 unspecified atom stereocenters. The van der Waals surface area contributed by atoms with Crippen LogP contribution in [0.2, 0.25) is 0 Å². The van der Waals surface area contributed by atoms with E-state index in [9.17, 15) is 0 Å². The summed E-state index contributed by atoms with van der Waals surface area (Å²) in [6, 6.07) is 0. The monoisotopic (exact) mass is 111 g/mol. The second-order valence-corrected chi connectivity index (χ2v) is 3.07. The van der Waals surface area contributed by atoms with E-state index in [-0.39, 0.29) is 18.9 Å². The van der Waals surface area contributed by atoms with E-state index in [0.717, 1.165) is 0 Å². The Kier molecular flexibility index (Phi) is 4.93. The molecule has 0 bridgehead atoms. The Morgan fingerprint density at radius 1 is 1.50 bits per heavy atom. The van der Waals surface area contributed by atoms with Crippen LogP contribution in [-0.2, 0) is 0 Å². The van der Waals surface area contributed by atoms with Crippen LogP contribution in [0.15, 0.2) is 11.5 Å². The molecule has 0 saturated carbocycles. The summed E-state index contributed by atoms with van der Waals surface area (Å²) in [7, 11) is 3.69. The molecular weight excluding hydrogens is 107 g/mol. The molecule has 0 saturated heterocycles. The van der Waals surface area contributed by atoms with Gasteiger partial charge in [0.15, 0.2) is 0 Å². The van der Waals surface area contributed by atoms with Gasteiger partial charge in [-0.15, -0.1) is 0 Å². The van der Waals surface area contributed by atoms with E-state index >= 15 is 0 Å². The second kappa shape index (κ2) is 4.20. The fraction of sp³-hybridized carbons (Fsp3) is 0.333. The number of rotatable bonds is 0. The standard InChI is InChI=1S/C3H4S2.Li/c1-2-4-5-3-1;/h1-2H,3H2;/q;+1. The van der Waals surface area contributed by atoms with Gasteiger partial charge in [0.2, 0.25) is 0 Å². The average Bonchev–Trinajstić information content (AvgIpc) is 1.76. The van der Waals surface area contributed by atoms with Crippen molar-refractivity contribution in [2.24, 2.45) is 0 Å². The van der Waals surface area contributed by atoms with Crippen molar-refractivity contribution in [1.82, 2.24) is 0 Å². The smallest absolute Gasteiger partial charge is 0.0854 e. The molecule has 1 rings (SSSR count). The maximum absolute atomic E-state index is 2.16. The van der Waals surface area contributed by atoms with Crippen molar-refractivity contribution in [2.75, 3.05) is 5.75 Å². The van der Waals surface area contributed by atoms with Crippen molar-refractivity contribution < 1.29 is 18.9 Å². The van der Waals surface area contributed by atoms with Gasteiger partial charge in [-0.25, -0.2) is 0 Å². The van der Waals surface area contributed by atoms with Gasteiger partial charge in [0.05, 0.1) is 0 Å². The van der Waals surface area contributed by atoms with E-state index in [4.69, 9.17) is 0 Å². The fourth-order valence-electron chi connectivity index (χ4n) is 0.196. The van der Waals surface area contributed by atoms with Gasteiger partial charge in [0.25, 0.3) is 0 Å². The summed E-state index contributed by atoms with van der Waals surface area (Å²) < 4.78 is 0. The van der Waals surface area contributed by atoms with Gasteiger partial charge in [-0.05, 0) is 5.41 Å². The molecule has 0 fully saturated rings. The molecule has 1 aliphatic heterocycles. The molecule has 6 heavy (non-hydrogen) atoms. The molecule has 0 N–H and O–H groups in total. The topological polar surface area (TPSA) is 0 Å². The maximum atomic E-state index is 2.16. The van der Waals surface area contributed by atoms with E-state index in [1.807, 2.05) is 21.6 Å². The third-order valence-electron chi connectivity index (χ3n) is 0.384. The zero-order valence-corrected chi connectivity index (χ0v) is 5.31. The van der Waals surface area contributed by atoms with E-state index in [1.54, 1.807) is 0 Å². The van der Waals surface area contributed by atoms with Crippen LogP contribution in [0.1, 0.15) is 0 Å². The van der Waals surface area contributed by atoms with Crippen LogP contribution in [0.3, 0.4) is 0 Å². The van der Waals surface area contributed by atoms with Gasteiger partial charge < -0.3 is 0 Å².